The highest BCUT2D eigenvalue weighted by Gasteiger charge is 2.35. The Labute approximate surface area is 229 Å². The molecule has 0 aromatic heterocycles. The molecule has 2 amide bonds. The summed E-state index contributed by atoms with van der Waals surface area (Å²) in [6.45, 7) is 3.44. The Balaban J connectivity index is 2.35. The van der Waals surface area contributed by atoms with Gasteiger partial charge in [0, 0.05) is 20.5 Å². The largest absolute Gasteiger partial charge is 0.489 e. The summed E-state index contributed by atoms with van der Waals surface area (Å²) in [5, 5.41) is 5.35. The van der Waals surface area contributed by atoms with E-state index in [0.29, 0.717) is 9.32 Å². The molecule has 0 spiro atoms. The molecule has 2 aromatic carbocycles. The minimum absolute atomic E-state index is 0.0325. The SMILES string of the molecule is CSCC(C)(C)NC(=O)c1c(I)cccc1C(=O)Nc1ccc(OCC=C(Cl)Cl)c(C(F)(F)F)c1. The van der Waals surface area contributed by atoms with Gasteiger partial charge in [0.05, 0.1) is 16.7 Å². The van der Waals surface area contributed by atoms with Gasteiger partial charge in [0.15, 0.2) is 0 Å². The number of thioether (sulfide) groups is 1. The summed E-state index contributed by atoms with van der Waals surface area (Å²) < 4.78 is 46.3. The van der Waals surface area contributed by atoms with Gasteiger partial charge < -0.3 is 15.4 Å². The van der Waals surface area contributed by atoms with E-state index in [0.717, 1.165) is 12.1 Å². The van der Waals surface area contributed by atoms with Crippen molar-refractivity contribution in [3.63, 3.8) is 0 Å². The van der Waals surface area contributed by atoms with Gasteiger partial charge in [-0.1, -0.05) is 29.3 Å². The fraction of sp³-hybridized carbons (Fsp3) is 0.304. The van der Waals surface area contributed by atoms with Crippen LogP contribution in [0.5, 0.6) is 5.75 Å². The van der Waals surface area contributed by atoms with Crippen molar-refractivity contribution >= 4 is 75.1 Å². The molecule has 0 fully saturated rings. The maximum atomic E-state index is 13.6. The molecule has 0 aliphatic heterocycles. The zero-order valence-electron chi connectivity index (χ0n) is 18.9. The summed E-state index contributed by atoms with van der Waals surface area (Å²) >= 11 is 14.4. The van der Waals surface area contributed by atoms with Crippen molar-refractivity contribution in [2.75, 3.05) is 23.9 Å². The predicted octanol–water partition coefficient (Wildman–Crippen LogP) is 7.13. The van der Waals surface area contributed by atoms with Crippen molar-refractivity contribution in [2.45, 2.75) is 25.6 Å². The minimum atomic E-state index is -4.75. The van der Waals surface area contributed by atoms with Gasteiger partial charge >= 0.3 is 6.18 Å². The van der Waals surface area contributed by atoms with Crippen molar-refractivity contribution < 1.29 is 27.5 Å². The quantitative estimate of drug-likeness (QED) is 0.281. The minimum Gasteiger partial charge on any atom is -0.489 e. The number of rotatable bonds is 9. The molecule has 0 aliphatic carbocycles. The highest BCUT2D eigenvalue weighted by Crippen LogP contribution is 2.38. The first-order valence-electron chi connectivity index (χ1n) is 10.0. The molecule has 0 unspecified atom stereocenters. The van der Waals surface area contributed by atoms with Gasteiger partial charge in [0.2, 0.25) is 0 Å². The Morgan fingerprint density at radius 1 is 1.14 bits per heavy atom. The van der Waals surface area contributed by atoms with Crippen LogP contribution in [0.25, 0.3) is 0 Å². The maximum absolute atomic E-state index is 13.6. The molecular formula is C23H22Cl2F3IN2O3S. The fourth-order valence-electron chi connectivity index (χ4n) is 3.06. The second kappa shape index (κ2) is 12.6. The normalized spacial score (nSPS) is 11.6. The third-order valence-electron chi connectivity index (χ3n) is 4.46. The second-order valence-electron chi connectivity index (χ2n) is 7.90. The van der Waals surface area contributed by atoms with Gasteiger partial charge in [-0.15, -0.1) is 0 Å². The molecule has 0 atom stereocenters. The van der Waals surface area contributed by atoms with Gasteiger partial charge in [-0.25, -0.2) is 0 Å². The Morgan fingerprint density at radius 2 is 1.83 bits per heavy atom. The number of halogens is 6. The van der Waals surface area contributed by atoms with Crippen LogP contribution in [0.3, 0.4) is 0 Å². The molecule has 0 aliphatic rings. The van der Waals surface area contributed by atoms with E-state index in [9.17, 15) is 22.8 Å². The number of ether oxygens (including phenoxy) is 1. The lowest BCUT2D eigenvalue weighted by Crippen LogP contribution is -2.46. The number of alkyl halides is 3. The zero-order chi connectivity index (χ0) is 26.4. The van der Waals surface area contributed by atoms with E-state index < -0.39 is 34.8 Å². The lowest BCUT2D eigenvalue weighted by atomic mass is 10.0. The maximum Gasteiger partial charge on any atom is 0.420 e. The van der Waals surface area contributed by atoms with Crippen LogP contribution >= 0.6 is 57.6 Å². The average Bonchev–Trinajstić information content (AvgIpc) is 2.72. The van der Waals surface area contributed by atoms with Gasteiger partial charge in [0.25, 0.3) is 11.8 Å². The van der Waals surface area contributed by atoms with Crippen LogP contribution in [0.2, 0.25) is 0 Å². The van der Waals surface area contributed by atoms with E-state index in [2.05, 4.69) is 10.6 Å². The van der Waals surface area contributed by atoms with Gasteiger partial charge in [-0.05, 0) is 79.1 Å². The average molecular weight is 661 g/mol. The zero-order valence-corrected chi connectivity index (χ0v) is 23.3. The van der Waals surface area contributed by atoms with Crippen molar-refractivity contribution in [1.82, 2.24) is 5.32 Å². The van der Waals surface area contributed by atoms with Crippen molar-refractivity contribution in [2.24, 2.45) is 0 Å². The molecule has 0 radical (unpaired) electrons. The van der Waals surface area contributed by atoms with E-state index in [1.54, 1.807) is 23.9 Å². The van der Waals surface area contributed by atoms with E-state index in [-0.39, 0.29) is 27.9 Å². The predicted molar refractivity (Wildman–Crippen MR) is 144 cm³/mol. The topological polar surface area (TPSA) is 67.4 Å². The van der Waals surface area contributed by atoms with Crippen molar-refractivity contribution in [3.8, 4) is 5.75 Å². The van der Waals surface area contributed by atoms with Crippen LogP contribution in [0.4, 0.5) is 18.9 Å². The Bertz CT molecular complexity index is 1120. The van der Waals surface area contributed by atoms with Crippen LogP contribution in [-0.2, 0) is 6.18 Å². The molecule has 5 nitrogen and oxygen atoms in total. The van der Waals surface area contributed by atoms with Gasteiger partial charge in [-0.3, -0.25) is 9.59 Å². The molecule has 0 saturated heterocycles. The fourth-order valence-corrected chi connectivity index (χ4v) is 4.72. The van der Waals surface area contributed by atoms with E-state index >= 15 is 0 Å². The lowest BCUT2D eigenvalue weighted by Gasteiger charge is -2.26. The Kier molecular flexibility index (Phi) is 10.6. The third kappa shape index (κ3) is 8.76. The number of carbonyl (C=O) groups excluding carboxylic acids is 2. The number of amides is 2. The standard InChI is InChI=1S/C23H22Cl2F3IN2O3S/c1-22(2,12-35-3)31-21(33)19-14(5-4-6-16(19)29)20(32)30-13-7-8-17(34-10-9-18(24)25)15(11-13)23(26,27)28/h4-9,11H,10,12H2,1-3H3,(H,30,32)(H,31,33). The molecule has 2 aromatic rings. The number of benzene rings is 2. The van der Waals surface area contributed by atoms with Crippen molar-refractivity contribution in [3.05, 3.63) is 67.2 Å². The third-order valence-corrected chi connectivity index (χ3v) is 6.68. The first-order chi connectivity index (χ1) is 16.2. The number of carbonyl (C=O) groups is 2. The first kappa shape index (κ1) is 29.6. The van der Waals surface area contributed by atoms with Crippen LogP contribution in [-0.4, -0.2) is 36.0 Å². The van der Waals surface area contributed by atoms with Crippen molar-refractivity contribution in [1.29, 1.82) is 0 Å². The molecular weight excluding hydrogens is 639 g/mol. The monoisotopic (exact) mass is 660 g/mol. The number of anilines is 1. The van der Waals surface area contributed by atoms with E-state index in [1.807, 2.05) is 42.7 Å². The van der Waals surface area contributed by atoms with Gasteiger partial charge in [0.1, 0.15) is 16.8 Å². The second-order valence-corrected chi connectivity index (χ2v) is 10.9. The van der Waals surface area contributed by atoms with E-state index in [4.69, 9.17) is 27.9 Å². The summed E-state index contributed by atoms with van der Waals surface area (Å²) in [6.07, 6.45) is -1.64. The van der Waals surface area contributed by atoms with E-state index in [1.165, 1.54) is 18.2 Å². The van der Waals surface area contributed by atoms with Crippen LogP contribution in [0.1, 0.15) is 40.1 Å². The summed E-state index contributed by atoms with van der Waals surface area (Å²) in [7, 11) is 0. The molecule has 12 heteroatoms. The van der Waals surface area contributed by atoms with Crippen LogP contribution in [0.15, 0.2) is 47.0 Å². The summed E-state index contributed by atoms with van der Waals surface area (Å²) in [5.41, 5.74) is -1.57. The molecule has 2 N–H and O–H groups in total. The molecule has 0 saturated carbocycles. The van der Waals surface area contributed by atoms with Crippen LogP contribution < -0.4 is 15.4 Å². The summed E-state index contributed by atoms with van der Waals surface area (Å²) in [6, 6.07) is 7.82. The number of hydrogen-bond acceptors (Lipinski definition) is 4. The summed E-state index contributed by atoms with van der Waals surface area (Å²) in [5.74, 6) is -0.989. The first-order valence-corrected chi connectivity index (χ1v) is 13.2. The molecule has 2 rings (SSSR count). The number of nitrogens with one attached hydrogen (secondary N) is 2. The molecule has 0 bridgehead atoms. The summed E-state index contributed by atoms with van der Waals surface area (Å²) in [4.78, 5) is 26.0. The Morgan fingerprint density at radius 3 is 2.43 bits per heavy atom. The molecule has 0 heterocycles. The highest BCUT2D eigenvalue weighted by atomic mass is 127. The highest BCUT2D eigenvalue weighted by molar-refractivity contribution is 14.1. The number of hydrogen-bond donors (Lipinski definition) is 2. The Hall–Kier alpha value is -1.63. The molecule has 35 heavy (non-hydrogen) atoms. The van der Waals surface area contributed by atoms with Crippen LogP contribution in [0, 0.1) is 3.57 Å². The lowest BCUT2D eigenvalue weighted by molar-refractivity contribution is -0.138. The van der Waals surface area contributed by atoms with Gasteiger partial charge in [-0.2, -0.15) is 24.9 Å². The smallest absolute Gasteiger partial charge is 0.420 e. The molecule has 190 valence electrons.